The van der Waals surface area contributed by atoms with Crippen molar-refractivity contribution < 1.29 is 9.90 Å². The number of carbonyl (C=O) groups is 1. The van der Waals surface area contributed by atoms with Crippen LogP contribution in [0.25, 0.3) is 0 Å². The molecule has 0 spiro atoms. The number of amides is 1. The minimum absolute atomic E-state index is 0.00361. The molecule has 2 saturated heterocycles. The average Bonchev–Trinajstić information content (AvgIpc) is 2.58. The summed E-state index contributed by atoms with van der Waals surface area (Å²) in [4.78, 5) is 12.8. The van der Waals surface area contributed by atoms with Gasteiger partial charge in [0.05, 0.1) is 5.54 Å². The van der Waals surface area contributed by atoms with Crippen LogP contribution in [-0.4, -0.2) is 40.8 Å². The Morgan fingerprint density at radius 3 is 2.57 bits per heavy atom. The Hall–Kier alpha value is -0.770. The van der Waals surface area contributed by atoms with Crippen molar-refractivity contribution in [1.29, 1.82) is 0 Å². The number of nitrogens with one attached hydrogen (secondary N) is 1. The van der Waals surface area contributed by atoms with Gasteiger partial charge in [0.2, 0.25) is 0 Å². The average molecular weight is 198 g/mol. The van der Waals surface area contributed by atoms with Gasteiger partial charge in [-0.05, 0) is 11.8 Å². The SMILES string of the molecule is CC(C)(C)[C@]12CN[C@@H](CN1C(=O)O)C2. The van der Waals surface area contributed by atoms with Crippen molar-refractivity contribution in [1.82, 2.24) is 10.2 Å². The molecule has 0 aromatic rings. The van der Waals surface area contributed by atoms with E-state index in [9.17, 15) is 4.79 Å². The summed E-state index contributed by atoms with van der Waals surface area (Å²) in [6.07, 6.45) is 0.187. The van der Waals surface area contributed by atoms with Gasteiger partial charge in [0.1, 0.15) is 0 Å². The minimum atomic E-state index is -0.774. The van der Waals surface area contributed by atoms with E-state index in [-0.39, 0.29) is 11.0 Å². The number of hydrogen-bond donors (Lipinski definition) is 2. The third kappa shape index (κ3) is 1.06. The number of likely N-dealkylation sites (tertiary alicyclic amines) is 1. The summed E-state index contributed by atoms with van der Waals surface area (Å²) in [7, 11) is 0. The van der Waals surface area contributed by atoms with E-state index in [2.05, 4.69) is 26.1 Å². The number of hydrogen-bond acceptors (Lipinski definition) is 2. The second-order valence-corrected chi connectivity index (χ2v) is 5.46. The van der Waals surface area contributed by atoms with E-state index in [1.165, 1.54) is 0 Å². The quantitative estimate of drug-likeness (QED) is 0.613. The van der Waals surface area contributed by atoms with Crippen LogP contribution in [0.1, 0.15) is 27.2 Å². The molecule has 2 aliphatic rings. The second kappa shape index (κ2) is 2.63. The highest BCUT2D eigenvalue weighted by atomic mass is 16.4. The van der Waals surface area contributed by atoms with Gasteiger partial charge in [0.15, 0.2) is 0 Å². The van der Waals surface area contributed by atoms with Crippen LogP contribution in [-0.2, 0) is 0 Å². The van der Waals surface area contributed by atoms with E-state index in [1.54, 1.807) is 4.90 Å². The van der Waals surface area contributed by atoms with E-state index in [0.29, 0.717) is 12.6 Å². The van der Waals surface area contributed by atoms with Crippen LogP contribution < -0.4 is 5.32 Å². The molecule has 0 aromatic carbocycles. The summed E-state index contributed by atoms with van der Waals surface area (Å²) in [5.74, 6) is 0. The summed E-state index contributed by atoms with van der Waals surface area (Å²) in [5, 5.41) is 12.5. The van der Waals surface area contributed by atoms with Gasteiger partial charge in [-0.15, -0.1) is 0 Å². The van der Waals surface area contributed by atoms with Crippen LogP contribution in [0, 0.1) is 5.41 Å². The first-order chi connectivity index (χ1) is 6.37. The monoisotopic (exact) mass is 198 g/mol. The van der Waals surface area contributed by atoms with Crippen LogP contribution in [0.5, 0.6) is 0 Å². The molecule has 2 rings (SSSR count). The molecule has 4 heteroatoms. The molecule has 0 saturated carbocycles. The van der Waals surface area contributed by atoms with Gasteiger partial charge in [0, 0.05) is 19.1 Å². The number of carboxylic acid groups (broad SMARTS) is 1. The summed E-state index contributed by atoms with van der Waals surface area (Å²) in [6.45, 7) is 7.81. The maximum absolute atomic E-state index is 11.1. The molecule has 0 aliphatic carbocycles. The van der Waals surface area contributed by atoms with E-state index < -0.39 is 6.09 Å². The van der Waals surface area contributed by atoms with Gasteiger partial charge in [0.25, 0.3) is 0 Å². The zero-order chi connectivity index (χ0) is 10.6. The molecule has 2 N–H and O–H groups in total. The minimum Gasteiger partial charge on any atom is -0.465 e. The van der Waals surface area contributed by atoms with Crippen molar-refractivity contribution in [3.05, 3.63) is 0 Å². The van der Waals surface area contributed by atoms with Crippen LogP contribution in [0.3, 0.4) is 0 Å². The van der Waals surface area contributed by atoms with E-state index in [4.69, 9.17) is 5.11 Å². The maximum Gasteiger partial charge on any atom is 0.407 e. The smallest absolute Gasteiger partial charge is 0.407 e. The Kier molecular flexibility index (Phi) is 1.83. The Labute approximate surface area is 84.3 Å². The van der Waals surface area contributed by atoms with Crippen molar-refractivity contribution in [2.75, 3.05) is 13.1 Å². The van der Waals surface area contributed by atoms with Crippen molar-refractivity contribution in [3.63, 3.8) is 0 Å². The number of rotatable bonds is 0. The molecule has 1 amide bonds. The summed E-state index contributed by atoms with van der Waals surface area (Å²) in [5.41, 5.74) is -0.187. The van der Waals surface area contributed by atoms with Gasteiger partial charge < -0.3 is 10.4 Å². The lowest BCUT2D eigenvalue weighted by Gasteiger charge is -2.46. The normalized spacial score (nSPS) is 36.5. The van der Waals surface area contributed by atoms with Gasteiger partial charge in [-0.3, -0.25) is 4.90 Å². The molecule has 14 heavy (non-hydrogen) atoms. The van der Waals surface area contributed by atoms with Gasteiger partial charge in [-0.2, -0.15) is 0 Å². The molecular weight excluding hydrogens is 180 g/mol. The van der Waals surface area contributed by atoms with Crippen LogP contribution in [0.15, 0.2) is 0 Å². The van der Waals surface area contributed by atoms with Crippen LogP contribution in [0.4, 0.5) is 4.79 Å². The fourth-order valence-electron chi connectivity index (χ4n) is 2.83. The number of fused-ring (bicyclic) bond motifs is 2. The number of piperazine rings is 1. The maximum atomic E-state index is 11.1. The second-order valence-electron chi connectivity index (χ2n) is 5.46. The molecule has 2 heterocycles. The molecule has 2 aliphatic heterocycles. The van der Waals surface area contributed by atoms with Crippen LogP contribution in [0.2, 0.25) is 0 Å². The highest BCUT2D eigenvalue weighted by molar-refractivity contribution is 5.67. The van der Waals surface area contributed by atoms with Crippen molar-refractivity contribution in [3.8, 4) is 0 Å². The Bertz CT molecular complexity index is 272. The zero-order valence-electron chi connectivity index (χ0n) is 9.00. The third-order valence-electron chi connectivity index (χ3n) is 3.81. The molecule has 0 unspecified atom stereocenters. The van der Waals surface area contributed by atoms with Crippen molar-refractivity contribution in [2.24, 2.45) is 5.41 Å². The van der Waals surface area contributed by atoms with E-state index >= 15 is 0 Å². The lowest BCUT2D eigenvalue weighted by atomic mass is 9.73. The molecule has 2 fully saturated rings. The molecule has 80 valence electrons. The Balaban J connectivity index is 2.35. The summed E-state index contributed by atoms with van der Waals surface area (Å²) in [6, 6.07) is 0.366. The fraction of sp³-hybridized carbons (Fsp3) is 0.900. The molecule has 2 atom stereocenters. The fourth-order valence-corrected chi connectivity index (χ4v) is 2.83. The van der Waals surface area contributed by atoms with Gasteiger partial charge >= 0.3 is 6.09 Å². The molecule has 4 nitrogen and oxygen atoms in total. The molecule has 0 radical (unpaired) electrons. The molecule has 2 bridgehead atoms. The summed E-state index contributed by atoms with van der Waals surface area (Å²) >= 11 is 0. The zero-order valence-corrected chi connectivity index (χ0v) is 9.00. The van der Waals surface area contributed by atoms with Gasteiger partial charge in [-0.25, -0.2) is 4.79 Å². The predicted molar refractivity (Wildman–Crippen MR) is 53.3 cm³/mol. The highest BCUT2D eigenvalue weighted by Gasteiger charge is 2.58. The lowest BCUT2D eigenvalue weighted by molar-refractivity contribution is 0.0318. The Morgan fingerprint density at radius 1 is 1.57 bits per heavy atom. The first-order valence-corrected chi connectivity index (χ1v) is 5.11. The van der Waals surface area contributed by atoms with Gasteiger partial charge in [-0.1, -0.05) is 20.8 Å². The molecular formula is C10H18N2O2. The number of nitrogens with zero attached hydrogens (tertiary/aromatic N) is 1. The summed E-state index contributed by atoms with van der Waals surface area (Å²) < 4.78 is 0. The van der Waals surface area contributed by atoms with E-state index in [0.717, 1.165) is 13.0 Å². The highest BCUT2D eigenvalue weighted by Crippen LogP contribution is 2.46. The first kappa shape index (κ1) is 9.77. The Morgan fingerprint density at radius 2 is 2.21 bits per heavy atom. The predicted octanol–water partition coefficient (Wildman–Crippen LogP) is 1.13. The standard InChI is InChI=1S/C10H18N2O2/c1-9(2,3)10-4-7(11-6-10)5-12(10)8(13)14/h7,11H,4-6H2,1-3H3,(H,13,14)/t7-,10+/m1/s1. The van der Waals surface area contributed by atoms with Crippen LogP contribution >= 0.6 is 0 Å². The third-order valence-corrected chi connectivity index (χ3v) is 3.81. The lowest BCUT2D eigenvalue weighted by Crippen LogP contribution is -2.60. The van der Waals surface area contributed by atoms with Crippen molar-refractivity contribution in [2.45, 2.75) is 38.8 Å². The first-order valence-electron chi connectivity index (χ1n) is 5.11. The van der Waals surface area contributed by atoms with Crippen molar-refractivity contribution >= 4 is 6.09 Å². The molecule has 0 aromatic heterocycles. The largest absolute Gasteiger partial charge is 0.465 e. The van der Waals surface area contributed by atoms with E-state index in [1.807, 2.05) is 0 Å². The topological polar surface area (TPSA) is 52.6 Å².